The highest BCUT2D eigenvalue weighted by Gasteiger charge is 2.45. The highest BCUT2D eigenvalue weighted by molar-refractivity contribution is 5.04. The van der Waals surface area contributed by atoms with Gasteiger partial charge >= 0.3 is 0 Å². The Bertz CT molecular complexity index is 255. The molecule has 20 heavy (non-hydrogen) atoms. The van der Waals surface area contributed by atoms with Gasteiger partial charge in [-0.2, -0.15) is 0 Å². The molecule has 0 amide bonds. The first-order valence-corrected chi connectivity index (χ1v) is 9.04. The lowest BCUT2D eigenvalue weighted by molar-refractivity contribution is 0.0717. The third kappa shape index (κ3) is 3.75. The van der Waals surface area contributed by atoms with Crippen LogP contribution in [-0.4, -0.2) is 29.6 Å². The average Bonchev–Trinajstić information content (AvgIpc) is 3.13. The van der Waals surface area contributed by atoms with Gasteiger partial charge in [0.15, 0.2) is 0 Å². The fourth-order valence-electron chi connectivity index (χ4n) is 4.49. The zero-order valence-corrected chi connectivity index (χ0v) is 13.5. The van der Waals surface area contributed by atoms with Crippen LogP contribution in [0.4, 0.5) is 0 Å². The van der Waals surface area contributed by atoms with Gasteiger partial charge in [-0.05, 0) is 45.2 Å². The molecular weight excluding hydrogens is 246 g/mol. The van der Waals surface area contributed by atoms with Gasteiger partial charge < -0.3 is 0 Å². The zero-order valence-electron chi connectivity index (χ0n) is 13.5. The van der Waals surface area contributed by atoms with E-state index < -0.39 is 0 Å². The van der Waals surface area contributed by atoms with Crippen LogP contribution in [0, 0.1) is 0 Å². The number of nitrogens with zero attached hydrogens (tertiary/aromatic N) is 1. The Morgan fingerprint density at radius 1 is 1.00 bits per heavy atom. The predicted octanol–water partition coefficient (Wildman–Crippen LogP) is 3.59. The van der Waals surface area contributed by atoms with Crippen LogP contribution in [0.2, 0.25) is 0 Å². The Morgan fingerprint density at radius 2 is 1.65 bits per heavy atom. The molecule has 3 nitrogen and oxygen atoms in total. The van der Waals surface area contributed by atoms with Crippen LogP contribution in [0.5, 0.6) is 0 Å². The van der Waals surface area contributed by atoms with E-state index in [9.17, 15) is 0 Å². The van der Waals surface area contributed by atoms with Crippen molar-refractivity contribution in [2.24, 2.45) is 5.84 Å². The van der Waals surface area contributed by atoms with Crippen molar-refractivity contribution in [2.75, 3.05) is 13.1 Å². The number of nitrogens with one attached hydrogen (secondary N) is 1. The van der Waals surface area contributed by atoms with Gasteiger partial charge in [-0.3, -0.25) is 16.2 Å². The highest BCUT2D eigenvalue weighted by Crippen LogP contribution is 2.41. The highest BCUT2D eigenvalue weighted by atomic mass is 15.3. The SMILES string of the molecule is CCCCCCCC(NN)C1(N2CCCC2)CCCC1. The second kappa shape index (κ2) is 8.35. The molecule has 1 unspecified atom stereocenters. The van der Waals surface area contributed by atoms with E-state index in [-0.39, 0.29) is 0 Å². The van der Waals surface area contributed by atoms with Crippen molar-refractivity contribution in [2.45, 2.75) is 95.6 Å². The molecule has 0 aromatic heterocycles. The van der Waals surface area contributed by atoms with E-state index in [0.717, 1.165) is 0 Å². The molecular formula is C17H35N3. The molecule has 3 heteroatoms. The van der Waals surface area contributed by atoms with Crippen LogP contribution in [0.25, 0.3) is 0 Å². The van der Waals surface area contributed by atoms with E-state index in [0.29, 0.717) is 11.6 Å². The molecule has 2 rings (SSSR count). The molecule has 1 atom stereocenters. The lowest BCUT2D eigenvalue weighted by Crippen LogP contribution is -2.60. The standard InChI is InChI=1S/C17H35N3/c1-2-3-4-5-6-11-16(19-18)17(12-7-8-13-17)20-14-9-10-15-20/h16,19H,2-15,18H2,1H3. The molecule has 1 aliphatic heterocycles. The number of likely N-dealkylation sites (tertiary alicyclic amines) is 1. The van der Waals surface area contributed by atoms with Gasteiger partial charge in [-0.1, -0.05) is 51.9 Å². The van der Waals surface area contributed by atoms with Crippen LogP contribution in [0.15, 0.2) is 0 Å². The summed E-state index contributed by atoms with van der Waals surface area (Å²) < 4.78 is 0. The molecule has 1 aliphatic carbocycles. The molecule has 0 bridgehead atoms. The van der Waals surface area contributed by atoms with E-state index >= 15 is 0 Å². The number of nitrogens with two attached hydrogens (primary N) is 1. The summed E-state index contributed by atoms with van der Waals surface area (Å²) in [6.45, 7) is 4.88. The Hall–Kier alpha value is -0.120. The monoisotopic (exact) mass is 281 g/mol. The van der Waals surface area contributed by atoms with Gasteiger partial charge in [0.05, 0.1) is 0 Å². The van der Waals surface area contributed by atoms with E-state index in [1.165, 1.54) is 90.1 Å². The number of unbranched alkanes of at least 4 members (excludes halogenated alkanes) is 4. The molecule has 3 N–H and O–H groups in total. The van der Waals surface area contributed by atoms with Crippen LogP contribution in [0.1, 0.15) is 84.0 Å². The molecule has 1 saturated heterocycles. The van der Waals surface area contributed by atoms with Crippen molar-refractivity contribution in [3.05, 3.63) is 0 Å². The minimum atomic E-state index is 0.385. The summed E-state index contributed by atoms with van der Waals surface area (Å²) in [4.78, 5) is 2.77. The van der Waals surface area contributed by atoms with Crippen molar-refractivity contribution in [3.8, 4) is 0 Å². The molecule has 118 valence electrons. The van der Waals surface area contributed by atoms with Gasteiger partial charge in [0.25, 0.3) is 0 Å². The maximum Gasteiger partial charge on any atom is 0.0394 e. The maximum atomic E-state index is 5.97. The molecule has 1 heterocycles. The second-order valence-electron chi connectivity index (χ2n) is 6.93. The van der Waals surface area contributed by atoms with E-state index in [1.54, 1.807) is 0 Å². The maximum absolute atomic E-state index is 5.97. The first-order valence-electron chi connectivity index (χ1n) is 9.04. The second-order valence-corrected chi connectivity index (χ2v) is 6.93. The van der Waals surface area contributed by atoms with Crippen molar-refractivity contribution < 1.29 is 0 Å². The summed E-state index contributed by atoms with van der Waals surface area (Å²) in [6.07, 6.45) is 16.4. The van der Waals surface area contributed by atoms with E-state index in [4.69, 9.17) is 5.84 Å². The van der Waals surface area contributed by atoms with Gasteiger partial charge in [0.2, 0.25) is 0 Å². The fourth-order valence-corrected chi connectivity index (χ4v) is 4.49. The van der Waals surface area contributed by atoms with Crippen molar-refractivity contribution >= 4 is 0 Å². The number of rotatable bonds is 9. The number of hydrogen-bond donors (Lipinski definition) is 2. The first-order chi connectivity index (χ1) is 9.83. The normalized spacial score (nSPS) is 24.3. The molecule has 2 aliphatic rings. The summed E-state index contributed by atoms with van der Waals surface area (Å²) in [5.74, 6) is 5.97. The van der Waals surface area contributed by atoms with Crippen molar-refractivity contribution in [1.29, 1.82) is 0 Å². The van der Waals surface area contributed by atoms with E-state index in [2.05, 4.69) is 17.2 Å². The third-order valence-corrected chi connectivity index (χ3v) is 5.65. The molecule has 0 aromatic rings. The molecule has 0 spiro atoms. The Balaban J connectivity index is 1.88. The van der Waals surface area contributed by atoms with Crippen LogP contribution < -0.4 is 11.3 Å². The van der Waals surface area contributed by atoms with Gasteiger partial charge in [0.1, 0.15) is 0 Å². The summed E-state index contributed by atoms with van der Waals surface area (Å²) in [6, 6.07) is 0.504. The topological polar surface area (TPSA) is 41.3 Å². The predicted molar refractivity (Wildman–Crippen MR) is 86.5 cm³/mol. The summed E-state index contributed by atoms with van der Waals surface area (Å²) in [5, 5.41) is 0. The lowest BCUT2D eigenvalue weighted by atomic mass is 9.83. The number of hydrogen-bond acceptors (Lipinski definition) is 3. The number of hydrazine groups is 1. The van der Waals surface area contributed by atoms with Gasteiger partial charge in [-0.25, -0.2) is 0 Å². The fraction of sp³-hybridized carbons (Fsp3) is 1.00. The molecule has 0 aromatic carbocycles. The quantitative estimate of drug-likeness (QED) is 0.385. The molecule has 0 radical (unpaired) electrons. The van der Waals surface area contributed by atoms with Crippen LogP contribution in [-0.2, 0) is 0 Å². The van der Waals surface area contributed by atoms with Crippen molar-refractivity contribution in [1.82, 2.24) is 10.3 Å². The van der Waals surface area contributed by atoms with Crippen LogP contribution in [0.3, 0.4) is 0 Å². The minimum absolute atomic E-state index is 0.385. The smallest absolute Gasteiger partial charge is 0.0394 e. The molecule has 1 saturated carbocycles. The lowest BCUT2D eigenvalue weighted by Gasteiger charge is -2.45. The summed E-state index contributed by atoms with van der Waals surface area (Å²) >= 11 is 0. The third-order valence-electron chi connectivity index (χ3n) is 5.65. The molecule has 2 fully saturated rings. The zero-order chi connectivity index (χ0) is 14.3. The van der Waals surface area contributed by atoms with Crippen molar-refractivity contribution in [3.63, 3.8) is 0 Å². The van der Waals surface area contributed by atoms with E-state index in [1.807, 2.05) is 0 Å². The Morgan fingerprint density at radius 3 is 2.25 bits per heavy atom. The largest absolute Gasteiger partial charge is 0.296 e. The summed E-state index contributed by atoms with van der Waals surface area (Å²) in [5.41, 5.74) is 3.60. The van der Waals surface area contributed by atoms with Gasteiger partial charge in [-0.15, -0.1) is 0 Å². The van der Waals surface area contributed by atoms with Gasteiger partial charge in [0, 0.05) is 11.6 Å². The van der Waals surface area contributed by atoms with Crippen LogP contribution >= 0.6 is 0 Å². The Labute approximate surface area is 125 Å². The average molecular weight is 281 g/mol. The summed E-state index contributed by atoms with van der Waals surface area (Å²) in [7, 11) is 0. The Kier molecular flexibility index (Phi) is 6.79. The minimum Gasteiger partial charge on any atom is -0.296 e. The first kappa shape index (κ1) is 16.3.